The second kappa shape index (κ2) is 31.4. The number of nitrogens with zero attached hydrogens (tertiary/aromatic N) is 9. The average molecular weight is 1870 g/mol. The smallest absolute Gasteiger partial charge is 0.166 e. The van der Waals surface area contributed by atoms with E-state index in [4.69, 9.17) is 24.9 Å². The first kappa shape index (κ1) is 82.8. The van der Waals surface area contributed by atoms with Crippen LogP contribution in [0.5, 0.6) is 0 Å². The van der Waals surface area contributed by atoms with Gasteiger partial charge in [0, 0.05) is 98.4 Å². The molecule has 0 amide bonds. The van der Waals surface area contributed by atoms with Crippen molar-refractivity contribution in [3.05, 3.63) is 421 Å². The van der Waals surface area contributed by atoms with Crippen molar-refractivity contribution in [2.75, 3.05) is 0 Å². The first-order valence-corrected chi connectivity index (χ1v) is 53.6. The Morgan fingerprint density at radius 1 is 0.234 bits per heavy atom. The Bertz CT molecular complexity index is 9140. The van der Waals surface area contributed by atoms with Gasteiger partial charge >= 0.3 is 0 Å². The molecule has 22 aromatic rings. The van der Waals surface area contributed by atoms with Crippen molar-refractivity contribution in [2.24, 2.45) is 71.0 Å². The van der Waals surface area contributed by atoms with Gasteiger partial charge in [0.05, 0.1) is 67.3 Å². The van der Waals surface area contributed by atoms with Crippen LogP contribution in [0.4, 0.5) is 0 Å². The summed E-state index contributed by atoms with van der Waals surface area (Å²) in [5.74, 6) is 12.8. The van der Waals surface area contributed by atoms with Crippen LogP contribution in [0.15, 0.2) is 382 Å². The molecule has 5 aromatic heterocycles. The molecule has 9 nitrogen and oxygen atoms in total. The van der Waals surface area contributed by atoms with Gasteiger partial charge in [-0.3, -0.25) is 0 Å². The Kier molecular flexibility index (Phi) is 17.9. The zero-order valence-electron chi connectivity index (χ0n) is 80.9. The van der Waals surface area contributed by atoms with Gasteiger partial charge in [-0.05, 0) is 313 Å². The summed E-state index contributed by atoms with van der Waals surface area (Å²) in [5.41, 5.74) is 37.3. The van der Waals surface area contributed by atoms with E-state index in [1.54, 1.807) is 33.4 Å². The quantitative estimate of drug-likeness (QED) is 0.150. The van der Waals surface area contributed by atoms with E-state index in [0.717, 1.165) is 138 Å². The topological polar surface area (TPSA) is 103 Å². The molecule has 3 spiro atoms. The molecule has 37 rings (SSSR count). The summed E-state index contributed by atoms with van der Waals surface area (Å²) >= 11 is 0. The van der Waals surface area contributed by atoms with Crippen LogP contribution in [0, 0.1) is 82.3 Å². The van der Waals surface area contributed by atoms with Crippen LogP contribution >= 0.6 is 0 Å². The summed E-state index contributed by atoms with van der Waals surface area (Å²) in [4.78, 5) is 25.8. The lowest BCUT2D eigenvalue weighted by Gasteiger charge is -2.61. The van der Waals surface area contributed by atoms with Crippen molar-refractivity contribution in [3.8, 4) is 113 Å². The average Bonchev–Trinajstić information content (AvgIpc) is 1.51. The lowest BCUT2D eigenvalue weighted by molar-refractivity contribution is -0.0399. The molecule has 12 bridgehead atoms. The normalized spacial score (nSPS) is 24.8. The Balaban J connectivity index is 0.0000000990. The molecule has 694 valence electrons. The summed E-state index contributed by atoms with van der Waals surface area (Å²) < 4.78 is 7.45. The number of fused-ring (bicyclic) bond motifs is 23. The van der Waals surface area contributed by atoms with Crippen LogP contribution in [0.3, 0.4) is 0 Å². The van der Waals surface area contributed by atoms with Crippen molar-refractivity contribution in [2.45, 2.75) is 113 Å². The van der Waals surface area contributed by atoms with E-state index in [-0.39, 0.29) is 16.2 Å². The summed E-state index contributed by atoms with van der Waals surface area (Å²) in [7, 11) is 0. The van der Waals surface area contributed by atoms with Gasteiger partial charge in [0.15, 0.2) is 23.3 Å². The molecule has 17 aromatic carbocycles. The number of para-hydroxylation sites is 5. The van der Waals surface area contributed by atoms with E-state index in [9.17, 15) is 5.26 Å². The molecule has 12 saturated carbocycles. The number of benzene rings is 17. The van der Waals surface area contributed by atoms with E-state index in [0.29, 0.717) is 23.0 Å². The Labute approximate surface area is 843 Å². The third-order valence-corrected chi connectivity index (χ3v) is 38.4. The van der Waals surface area contributed by atoms with Crippen molar-refractivity contribution >= 4 is 87.1 Å². The summed E-state index contributed by atoms with van der Waals surface area (Å²) in [6.07, 6.45) is 21.1. The first-order chi connectivity index (χ1) is 71.8. The molecule has 0 unspecified atom stereocenters. The molecule has 0 atom stereocenters. The highest BCUT2D eigenvalue weighted by atomic mass is 15.1. The second-order valence-corrected chi connectivity index (χ2v) is 45.0. The van der Waals surface area contributed by atoms with Crippen molar-refractivity contribution in [3.63, 3.8) is 0 Å². The molecule has 15 aliphatic carbocycles. The minimum absolute atomic E-state index is 0.126. The van der Waals surface area contributed by atoms with E-state index in [2.05, 4.69) is 347 Å². The van der Waals surface area contributed by atoms with Gasteiger partial charge in [-0.2, -0.15) is 5.26 Å². The summed E-state index contributed by atoms with van der Waals surface area (Å²) in [6.45, 7) is 0. The largest absolute Gasteiger partial charge is 0.309 e. The van der Waals surface area contributed by atoms with Gasteiger partial charge in [-0.1, -0.05) is 303 Å². The maximum absolute atomic E-state index is 9.69. The minimum Gasteiger partial charge on any atom is -0.309 e. The monoisotopic (exact) mass is 1860 g/mol. The van der Waals surface area contributed by atoms with E-state index in [1.807, 2.05) is 54.6 Å². The van der Waals surface area contributed by atoms with Crippen molar-refractivity contribution in [1.82, 2.24) is 38.6 Å². The zero-order chi connectivity index (χ0) is 94.8. The molecule has 0 saturated heterocycles. The number of nitriles is 1. The maximum atomic E-state index is 9.69. The minimum atomic E-state index is 0.126. The lowest BCUT2D eigenvalue weighted by atomic mass is 9.43. The molecular weight excluding hydrogens is 1760 g/mol. The predicted molar refractivity (Wildman–Crippen MR) is 588 cm³/mol. The lowest BCUT2D eigenvalue weighted by Crippen LogP contribution is -2.55. The molecular formula is C136H105N9. The van der Waals surface area contributed by atoms with Crippen LogP contribution in [0.2, 0.25) is 0 Å². The number of aromatic nitrogens is 8. The fraction of sp³-hybridized carbons (Fsp3) is 0.221. The van der Waals surface area contributed by atoms with Crippen LogP contribution < -0.4 is 0 Å². The Hall–Kier alpha value is -15.8. The molecule has 9 heteroatoms. The van der Waals surface area contributed by atoms with Crippen LogP contribution in [0.25, 0.3) is 194 Å². The van der Waals surface area contributed by atoms with Gasteiger partial charge in [0.2, 0.25) is 0 Å². The van der Waals surface area contributed by atoms with Crippen molar-refractivity contribution in [1.29, 1.82) is 5.26 Å². The molecule has 5 heterocycles. The van der Waals surface area contributed by atoms with E-state index >= 15 is 0 Å². The third kappa shape index (κ3) is 11.6. The Morgan fingerprint density at radius 3 is 1.13 bits per heavy atom. The first-order valence-electron chi connectivity index (χ1n) is 53.6. The number of hydrogen-bond donors (Lipinski definition) is 0. The molecule has 0 aliphatic heterocycles. The Morgan fingerprint density at radius 2 is 0.621 bits per heavy atom. The van der Waals surface area contributed by atoms with Crippen LogP contribution in [-0.4, -0.2) is 38.6 Å². The van der Waals surface area contributed by atoms with Crippen LogP contribution in [-0.2, 0) is 16.2 Å². The molecule has 0 radical (unpaired) electrons. The molecule has 15 aliphatic rings. The fourth-order valence-corrected chi connectivity index (χ4v) is 34.1. The second-order valence-electron chi connectivity index (χ2n) is 45.0. The van der Waals surface area contributed by atoms with E-state index < -0.39 is 0 Å². The highest BCUT2D eigenvalue weighted by Crippen LogP contribution is 2.75. The molecule has 145 heavy (non-hydrogen) atoms. The van der Waals surface area contributed by atoms with Gasteiger partial charge in [0.1, 0.15) is 0 Å². The third-order valence-electron chi connectivity index (χ3n) is 38.4. The number of hydrogen-bond acceptors (Lipinski definition) is 6. The standard InChI is InChI=1S/C52H39N3.C49H38N4.C35H28N2/c1-2-12-33(13-3-1)50-40-17-7-10-20-44(40)53-51(54-50)38-22-24-46(37-15-5-4-14-36(37)38)55-45-21-11-8-18-41(45)49-47(55)25-23-43-48(49)39-16-6-9-19-42(39)52(43)34-27-31-26-32(29-34)30-35(52)28-31;1-3-13-32(14-4-1)46-50-47(33-15-5-2-6-16-33)52-48(51-46)38-19-9-12-22-42(38)53-41-21-11-8-18-37(41)45-43(53)24-23-40-44(45)36-17-7-10-20-39(36)49(40)34-26-30-25-31(28-34)29-35(49)27-30;36-20-21-6-5-7-26(19-21)37-32-11-4-2-8-27(32)28-12-13-31-33(34(28)37)29-9-1-3-10-30(29)35(31)24-15-22-14-23(17-24)18-25(35)16-22/h1-25,31-32,34-35H,26-30H2;1-24,30-31,34-35H,25-29H2;1-13,19,22-25H,14-18H2. The predicted octanol–water partition coefficient (Wildman–Crippen LogP) is 33.0. The highest BCUT2D eigenvalue weighted by molar-refractivity contribution is 6.21. The zero-order valence-corrected chi connectivity index (χ0v) is 80.9. The molecule has 12 fully saturated rings. The number of rotatable bonds is 8. The summed E-state index contributed by atoms with van der Waals surface area (Å²) in [5, 5.41) is 21.1. The van der Waals surface area contributed by atoms with Gasteiger partial charge in [-0.15, -0.1) is 0 Å². The van der Waals surface area contributed by atoms with Gasteiger partial charge < -0.3 is 13.7 Å². The van der Waals surface area contributed by atoms with Gasteiger partial charge in [-0.25, -0.2) is 24.9 Å². The van der Waals surface area contributed by atoms with Crippen LogP contribution in [0.1, 0.15) is 135 Å². The fourth-order valence-electron chi connectivity index (χ4n) is 34.1. The van der Waals surface area contributed by atoms with E-state index in [1.165, 1.54) is 206 Å². The maximum Gasteiger partial charge on any atom is 0.166 e. The van der Waals surface area contributed by atoms with Crippen molar-refractivity contribution < 1.29 is 0 Å². The van der Waals surface area contributed by atoms with Gasteiger partial charge in [0.25, 0.3) is 0 Å². The summed E-state index contributed by atoms with van der Waals surface area (Å²) in [6, 6.07) is 142. The SMILES string of the molecule is N#Cc1cccc(-n2c3ccccc3c3ccc4c(c32)-c2ccccc2C42C3CC4CC(C3)CC2C4)c1.c1ccc(-c2nc(-c3ccc(-n4c5ccccc5c5c6c(ccc54)C4(c5ccccc5-6)C5CC6CC(C5)CC4C6)c4ccccc34)nc3ccccc23)cc1.c1ccc(-c2nc(-c3ccccc3)nc(-c3ccccc3-n3c4ccccc4c4c5c(ccc43)C3(c4ccccc4-5)C4CC5CC(C4)CC3C5)n2)cc1. The highest BCUT2D eigenvalue weighted by Gasteiger charge is 2.66. The molecule has 0 N–H and O–H groups in total.